The van der Waals surface area contributed by atoms with Gasteiger partial charge in [0.25, 0.3) is 0 Å². The van der Waals surface area contributed by atoms with Gasteiger partial charge in [-0.1, -0.05) is 19.9 Å². The third-order valence-corrected chi connectivity index (χ3v) is 4.43. The summed E-state index contributed by atoms with van der Waals surface area (Å²) >= 11 is 0. The topological polar surface area (TPSA) is 55.8 Å². The molecule has 4 heteroatoms. The molecule has 1 N–H and O–H groups in total. The van der Waals surface area contributed by atoms with Crippen molar-refractivity contribution in [2.24, 2.45) is 11.8 Å². The van der Waals surface area contributed by atoms with Gasteiger partial charge in [-0.2, -0.15) is 0 Å². The molecule has 1 heterocycles. The first-order valence-electron chi connectivity index (χ1n) is 7.70. The van der Waals surface area contributed by atoms with E-state index in [1.165, 1.54) is 6.42 Å². The summed E-state index contributed by atoms with van der Waals surface area (Å²) in [6.07, 6.45) is 3.36. The van der Waals surface area contributed by atoms with Crippen LogP contribution in [0.15, 0.2) is 18.2 Å². The predicted molar refractivity (Wildman–Crippen MR) is 78.8 cm³/mol. The lowest BCUT2D eigenvalue weighted by Crippen LogP contribution is -2.28. The van der Waals surface area contributed by atoms with E-state index in [9.17, 15) is 4.79 Å². The Morgan fingerprint density at radius 1 is 1.24 bits per heavy atom. The molecule has 3 rings (SSSR count). The molecule has 4 nitrogen and oxygen atoms in total. The first-order valence-corrected chi connectivity index (χ1v) is 7.70. The molecule has 114 valence electrons. The van der Waals surface area contributed by atoms with Crippen molar-refractivity contribution in [1.82, 2.24) is 0 Å². The lowest BCUT2D eigenvalue weighted by Gasteiger charge is -2.31. The largest absolute Gasteiger partial charge is 0.490 e. The summed E-state index contributed by atoms with van der Waals surface area (Å²) in [5.41, 5.74) is 0.945. The van der Waals surface area contributed by atoms with Gasteiger partial charge in [0, 0.05) is 12.5 Å². The monoisotopic (exact) mass is 290 g/mol. The smallest absolute Gasteiger partial charge is 0.345 e. The van der Waals surface area contributed by atoms with E-state index in [0.29, 0.717) is 24.0 Å². The normalized spacial score (nSPS) is 31.3. The van der Waals surface area contributed by atoms with E-state index in [1.807, 2.05) is 18.2 Å². The fourth-order valence-electron chi connectivity index (χ4n) is 3.58. The highest BCUT2D eigenvalue weighted by Crippen LogP contribution is 2.35. The quantitative estimate of drug-likeness (QED) is 0.928. The highest BCUT2D eigenvalue weighted by Gasteiger charge is 2.30. The van der Waals surface area contributed by atoms with Crippen molar-refractivity contribution in [2.75, 3.05) is 0 Å². The van der Waals surface area contributed by atoms with E-state index in [4.69, 9.17) is 14.6 Å². The second-order valence-corrected chi connectivity index (χ2v) is 6.58. The lowest BCUT2D eigenvalue weighted by atomic mass is 9.82. The molecular formula is C17H22O4. The van der Waals surface area contributed by atoms with Crippen LogP contribution in [0.3, 0.4) is 0 Å². The molecule has 1 aromatic carbocycles. The zero-order chi connectivity index (χ0) is 15.0. The highest BCUT2D eigenvalue weighted by molar-refractivity contribution is 5.74. The van der Waals surface area contributed by atoms with Crippen LogP contribution in [0.1, 0.15) is 38.7 Å². The van der Waals surface area contributed by atoms with Crippen molar-refractivity contribution in [1.29, 1.82) is 0 Å². The van der Waals surface area contributed by atoms with Crippen LogP contribution in [0.4, 0.5) is 0 Å². The molecule has 3 atom stereocenters. The summed E-state index contributed by atoms with van der Waals surface area (Å²) < 4.78 is 11.6. The lowest BCUT2D eigenvalue weighted by molar-refractivity contribution is -0.144. The molecule has 3 unspecified atom stereocenters. The van der Waals surface area contributed by atoms with E-state index in [1.54, 1.807) is 0 Å². The van der Waals surface area contributed by atoms with E-state index in [0.717, 1.165) is 24.2 Å². The average molecular weight is 290 g/mol. The minimum Gasteiger partial charge on any atom is -0.490 e. The number of hydrogen-bond acceptors (Lipinski definition) is 3. The molecule has 0 saturated heterocycles. The van der Waals surface area contributed by atoms with Gasteiger partial charge in [0.1, 0.15) is 11.5 Å². The van der Waals surface area contributed by atoms with Crippen molar-refractivity contribution in [3.63, 3.8) is 0 Å². The third-order valence-electron chi connectivity index (χ3n) is 4.43. The fourth-order valence-corrected chi connectivity index (χ4v) is 3.58. The maximum absolute atomic E-state index is 11.0. The molecule has 0 bridgehead atoms. The maximum atomic E-state index is 11.0. The molecule has 0 spiro atoms. The molecular weight excluding hydrogens is 268 g/mol. The molecule has 0 amide bonds. The molecule has 0 radical (unpaired) electrons. The van der Waals surface area contributed by atoms with Crippen LogP contribution in [-0.4, -0.2) is 23.3 Å². The van der Waals surface area contributed by atoms with Crippen molar-refractivity contribution < 1.29 is 19.4 Å². The number of carboxylic acid groups (broad SMARTS) is 1. The zero-order valence-corrected chi connectivity index (χ0v) is 12.5. The highest BCUT2D eigenvalue weighted by atomic mass is 16.5. The molecule has 1 fully saturated rings. The number of carboxylic acids is 1. The van der Waals surface area contributed by atoms with Crippen LogP contribution in [-0.2, 0) is 11.2 Å². The van der Waals surface area contributed by atoms with Gasteiger partial charge in [-0.05, 0) is 42.7 Å². The van der Waals surface area contributed by atoms with Gasteiger partial charge in [0.05, 0.1) is 6.10 Å². The Kier molecular flexibility index (Phi) is 3.79. The van der Waals surface area contributed by atoms with Gasteiger partial charge in [-0.3, -0.25) is 0 Å². The van der Waals surface area contributed by atoms with Crippen LogP contribution in [0, 0.1) is 11.8 Å². The maximum Gasteiger partial charge on any atom is 0.345 e. The van der Waals surface area contributed by atoms with Crippen LogP contribution < -0.4 is 9.47 Å². The van der Waals surface area contributed by atoms with Crippen molar-refractivity contribution in [2.45, 2.75) is 51.7 Å². The number of hydrogen-bond donors (Lipinski definition) is 1. The Balaban J connectivity index is 1.68. The first kappa shape index (κ1) is 14.2. The van der Waals surface area contributed by atoms with Crippen LogP contribution in [0.5, 0.6) is 11.5 Å². The number of ether oxygens (including phenoxy) is 2. The Hall–Kier alpha value is -1.71. The fraction of sp³-hybridized carbons (Fsp3) is 0.588. The summed E-state index contributed by atoms with van der Waals surface area (Å²) in [5.74, 6) is 1.91. The van der Waals surface area contributed by atoms with Gasteiger partial charge in [-0.15, -0.1) is 0 Å². The minimum atomic E-state index is -0.913. The molecule has 21 heavy (non-hydrogen) atoms. The van der Waals surface area contributed by atoms with E-state index in [-0.39, 0.29) is 6.10 Å². The Bertz CT molecular complexity index is 530. The Morgan fingerprint density at radius 2 is 1.95 bits per heavy atom. The van der Waals surface area contributed by atoms with E-state index in [2.05, 4.69) is 13.8 Å². The molecule has 1 saturated carbocycles. The minimum absolute atomic E-state index is 0.249. The van der Waals surface area contributed by atoms with Crippen LogP contribution in [0.25, 0.3) is 0 Å². The summed E-state index contributed by atoms with van der Waals surface area (Å²) in [4.78, 5) is 11.0. The number of fused-ring (bicyclic) bond motifs is 1. The van der Waals surface area contributed by atoms with Gasteiger partial charge in [-0.25, -0.2) is 4.79 Å². The van der Waals surface area contributed by atoms with Gasteiger partial charge in [0.2, 0.25) is 0 Å². The molecule has 1 aromatic rings. The van der Waals surface area contributed by atoms with Crippen molar-refractivity contribution in [3.8, 4) is 11.5 Å². The van der Waals surface area contributed by atoms with Crippen LogP contribution in [0.2, 0.25) is 0 Å². The summed E-state index contributed by atoms with van der Waals surface area (Å²) in [5, 5.41) is 9.02. The number of carbonyl (C=O) groups is 1. The number of rotatable bonds is 3. The Morgan fingerprint density at radius 3 is 2.62 bits per heavy atom. The van der Waals surface area contributed by atoms with Gasteiger partial charge < -0.3 is 14.6 Å². The zero-order valence-electron chi connectivity index (χ0n) is 12.5. The van der Waals surface area contributed by atoms with Gasteiger partial charge >= 0.3 is 5.97 Å². The third kappa shape index (κ3) is 3.14. The number of benzene rings is 1. The first-order chi connectivity index (χ1) is 10.0. The molecule has 0 aromatic heterocycles. The van der Waals surface area contributed by atoms with E-state index >= 15 is 0 Å². The van der Waals surface area contributed by atoms with Crippen LogP contribution >= 0.6 is 0 Å². The molecule has 2 aliphatic rings. The standard InChI is InChI=1S/C17H22O4/c1-10-5-11(2)7-14(6-10)20-13-4-3-12-8-16(17(18)19)21-15(12)9-13/h3-4,9-11,14,16H,5-8H2,1-2H3,(H,18,19). The average Bonchev–Trinajstić information content (AvgIpc) is 2.80. The van der Waals surface area contributed by atoms with Gasteiger partial charge in [0.15, 0.2) is 6.10 Å². The SMILES string of the molecule is CC1CC(C)CC(Oc2ccc3c(c2)OC(C(=O)O)C3)C1. The Labute approximate surface area is 125 Å². The summed E-state index contributed by atoms with van der Waals surface area (Å²) in [7, 11) is 0. The predicted octanol–water partition coefficient (Wildman–Crippen LogP) is 3.28. The molecule has 1 aliphatic carbocycles. The van der Waals surface area contributed by atoms with Crippen molar-refractivity contribution >= 4 is 5.97 Å². The summed E-state index contributed by atoms with van der Waals surface area (Å²) in [6, 6.07) is 5.68. The summed E-state index contributed by atoms with van der Waals surface area (Å²) in [6.45, 7) is 4.55. The van der Waals surface area contributed by atoms with E-state index < -0.39 is 12.1 Å². The molecule has 1 aliphatic heterocycles. The second-order valence-electron chi connectivity index (χ2n) is 6.58. The number of aliphatic carboxylic acids is 1. The second kappa shape index (κ2) is 5.58. The van der Waals surface area contributed by atoms with Crippen molar-refractivity contribution in [3.05, 3.63) is 23.8 Å².